The molecule has 0 amide bonds. The van der Waals surface area contributed by atoms with Gasteiger partial charge in [-0.05, 0) is 20.4 Å². The van der Waals surface area contributed by atoms with Gasteiger partial charge in [0, 0.05) is 39.4 Å². The third-order valence-corrected chi connectivity index (χ3v) is 2.54. The molecule has 0 aliphatic heterocycles. The van der Waals surface area contributed by atoms with Crippen molar-refractivity contribution in [3.8, 4) is 0 Å². The van der Waals surface area contributed by atoms with E-state index in [2.05, 4.69) is 24.1 Å². The third-order valence-electron chi connectivity index (χ3n) is 2.54. The largest absolute Gasteiger partial charge is 0.383 e. The first-order valence-corrected chi connectivity index (χ1v) is 6.26. The molecule has 0 bridgehead atoms. The molecular formula is C12H28N2O2. The first-order chi connectivity index (χ1) is 7.74. The van der Waals surface area contributed by atoms with Crippen molar-refractivity contribution in [1.29, 1.82) is 0 Å². The van der Waals surface area contributed by atoms with Crippen molar-refractivity contribution in [3.63, 3.8) is 0 Å². The number of nitrogens with zero attached hydrogens (tertiary/aromatic N) is 1. The SMILES string of the molecule is CCOCCN(CC)CCNC(C)COC. The van der Waals surface area contributed by atoms with Gasteiger partial charge in [-0.25, -0.2) is 0 Å². The Morgan fingerprint density at radius 2 is 2.00 bits per heavy atom. The quantitative estimate of drug-likeness (QED) is 0.538. The number of ether oxygens (including phenoxy) is 2. The van der Waals surface area contributed by atoms with E-state index in [9.17, 15) is 0 Å². The Morgan fingerprint density at radius 3 is 2.56 bits per heavy atom. The maximum atomic E-state index is 5.35. The zero-order chi connectivity index (χ0) is 12.2. The van der Waals surface area contributed by atoms with Crippen LogP contribution in [0.2, 0.25) is 0 Å². The average Bonchev–Trinajstić information content (AvgIpc) is 2.27. The summed E-state index contributed by atoms with van der Waals surface area (Å²) in [6.07, 6.45) is 0. The number of rotatable bonds is 11. The highest BCUT2D eigenvalue weighted by Crippen LogP contribution is 1.88. The Kier molecular flexibility index (Phi) is 11.2. The van der Waals surface area contributed by atoms with Crippen LogP contribution in [0.3, 0.4) is 0 Å². The Labute approximate surface area is 100 Å². The van der Waals surface area contributed by atoms with Gasteiger partial charge in [0.1, 0.15) is 0 Å². The summed E-state index contributed by atoms with van der Waals surface area (Å²) in [7, 11) is 1.73. The van der Waals surface area contributed by atoms with Crippen LogP contribution < -0.4 is 5.32 Å². The Morgan fingerprint density at radius 1 is 1.25 bits per heavy atom. The van der Waals surface area contributed by atoms with Gasteiger partial charge in [0.05, 0.1) is 13.2 Å². The first kappa shape index (κ1) is 15.8. The maximum absolute atomic E-state index is 5.35. The minimum absolute atomic E-state index is 0.426. The fraction of sp³-hybridized carbons (Fsp3) is 1.00. The van der Waals surface area contributed by atoms with Crippen LogP contribution in [0.1, 0.15) is 20.8 Å². The summed E-state index contributed by atoms with van der Waals surface area (Å²) < 4.78 is 10.4. The number of methoxy groups -OCH3 is 1. The van der Waals surface area contributed by atoms with Gasteiger partial charge in [-0.2, -0.15) is 0 Å². The standard InChI is InChI=1S/C12H28N2O2/c1-5-14(9-10-16-6-2)8-7-13-12(3)11-15-4/h12-13H,5-11H2,1-4H3. The molecule has 1 unspecified atom stereocenters. The van der Waals surface area contributed by atoms with E-state index in [1.165, 1.54) is 0 Å². The van der Waals surface area contributed by atoms with Gasteiger partial charge in [0.2, 0.25) is 0 Å². The lowest BCUT2D eigenvalue weighted by atomic mass is 10.3. The molecule has 0 saturated carbocycles. The molecule has 4 heteroatoms. The lowest BCUT2D eigenvalue weighted by molar-refractivity contribution is 0.114. The van der Waals surface area contributed by atoms with Crippen molar-refractivity contribution in [2.75, 3.05) is 53.1 Å². The predicted molar refractivity (Wildman–Crippen MR) is 67.9 cm³/mol. The van der Waals surface area contributed by atoms with Gasteiger partial charge in [0.25, 0.3) is 0 Å². The molecule has 1 N–H and O–H groups in total. The lowest BCUT2D eigenvalue weighted by Crippen LogP contribution is -2.38. The lowest BCUT2D eigenvalue weighted by Gasteiger charge is -2.21. The van der Waals surface area contributed by atoms with Crippen molar-refractivity contribution in [3.05, 3.63) is 0 Å². The molecule has 16 heavy (non-hydrogen) atoms. The number of hydrogen-bond acceptors (Lipinski definition) is 4. The molecule has 0 aliphatic rings. The average molecular weight is 232 g/mol. The number of hydrogen-bond donors (Lipinski definition) is 1. The van der Waals surface area contributed by atoms with Crippen molar-refractivity contribution < 1.29 is 9.47 Å². The van der Waals surface area contributed by atoms with Gasteiger partial charge in [-0.15, -0.1) is 0 Å². The number of likely N-dealkylation sites (N-methyl/N-ethyl adjacent to an activating group) is 1. The minimum atomic E-state index is 0.426. The Hall–Kier alpha value is -0.160. The molecule has 0 saturated heterocycles. The van der Waals surface area contributed by atoms with Crippen LogP contribution in [0.5, 0.6) is 0 Å². The van der Waals surface area contributed by atoms with Crippen molar-refractivity contribution >= 4 is 0 Å². The van der Waals surface area contributed by atoms with E-state index < -0.39 is 0 Å². The monoisotopic (exact) mass is 232 g/mol. The molecule has 98 valence electrons. The minimum Gasteiger partial charge on any atom is -0.383 e. The molecule has 1 atom stereocenters. The number of nitrogens with one attached hydrogen (secondary N) is 1. The summed E-state index contributed by atoms with van der Waals surface area (Å²) in [6.45, 7) is 12.9. The van der Waals surface area contributed by atoms with Crippen LogP contribution in [0, 0.1) is 0 Å². The zero-order valence-corrected chi connectivity index (χ0v) is 11.3. The summed E-state index contributed by atoms with van der Waals surface area (Å²) in [5, 5.41) is 3.43. The van der Waals surface area contributed by atoms with Gasteiger partial charge in [-0.1, -0.05) is 6.92 Å². The van der Waals surface area contributed by atoms with Crippen LogP contribution in [0.4, 0.5) is 0 Å². The second kappa shape index (κ2) is 11.3. The molecule has 0 spiro atoms. The summed E-state index contributed by atoms with van der Waals surface area (Å²) in [6, 6.07) is 0.426. The highest BCUT2D eigenvalue weighted by molar-refractivity contribution is 4.62. The van der Waals surface area contributed by atoms with Gasteiger partial charge >= 0.3 is 0 Å². The summed E-state index contributed by atoms with van der Waals surface area (Å²) in [4.78, 5) is 2.39. The smallest absolute Gasteiger partial charge is 0.0613 e. The van der Waals surface area contributed by atoms with Crippen molar-refractivity contribution in [2.45, 2.75) is 26.8 Å². The Bertz CT molecular complexity index is 145. The molecule has 0 aromatic carbocycles. The molecule has 0 aliphatic carbocycles. The molecule has 4 nitrogen and oxygen atoms in total. The third kappa shape index (κ3) is 9.09. The topological polar surface area (TPSA) is 33.7 Å². The van der Waals surface area contributed by atoms with Crippen LogP contribution in [0.25, 0.3) is 0 Å². The zero-order valence-electron chi connectivity index (χ0n) is 11.3. The van der Waals surface area contributed by atoms with Crippen LogP contribution in [-0.4, -0.2) is 64.1 Å². The van der Waals surface area contributed by atoms with Gasteiger partial charge in [-0.3, -0.25) is 0 Å². The van der Waals surface area contributed by atoms with Gasteiger partial charge < -0.3 is 19.7 Å². The van der Waals surface area contributed by atoms with E-state index in [0.29, 0.717) is 6.04 Å². The van der Waals surface area contributed by atoms with Crippen LogP contribution in [-0.2, 0) is 9.47 Å². The summed E-state index contributed by atoms with van der Waals surface area (Å²) in [5.74, 6) is 0. The van der Waals surface area contributed by atoms with E-state index in [0.717, 1.165) is 46.0 Å². The van der Waals surface area contributed by atoms with Crippen LogP contribution >= 0.6 is 0 Å². The van der Waals surface area contributed by atoms with Crippen molar-refractivity contribution in [2.24, 2.45) is 0 Å². The Balaban J connectivity index is 3.46. The predicted octanol–water partition coefficient (Wildman–Crippen LogP) is 0.969. The highest BCUT2D eigenvalue weighted by atomic mass is 16.5. The molecule has 0 rings (SSSR count). The summed E-state index contributed by atoms with van der Waals surface area (Å²) >= 11 is 0. The normalized spacial score (nSPS) is 13.3. The van der Waals surface area contributed by atoms with Gasteiger partial charge in [0.15, 0.2) is 0 Å². The molecule has 0 heterocycles. The second-order valence-corrected chi connectivity index (χ2v) is 3.94. The maximum Gasteiger partial charge on any atom is 0.0613 e. The molecule has 0 fully saturated rings. The van der Waals surface area contributed by atoms with E-state index in [1.54, 1.807) is 7.11 Å². The molecular weight excluding hydrogens is 204 g/mol. The highest BCUT2D eigenvalue weighted by Gasteiger charge is 2.03. The fourth-order valence-electron chi connectivity index (χ4n) is 1.54. The fourth-order valence-corrected chi connectivity index (χ4v) is 1.54. The van der Waals surface area contributed by atoms with Crippen molar-refractivity contribution in [1.82, 2.24) is 10.2 Å². The first-order valence-electron chi connectivity index (χ1n) is 6.26. The summed E-state index contributed by atoms with van der Waals surface area (Å²) in [5.41, 5.74) is 0. The molecule has 0 aromatic rings. The van der Waals surface area contributed by atoms with E-state index in [4.69, 9.17) is 9.47 Å². The molecule has 0 radical (unpaired) electrons. The van der Waals surface area contributed by atoms with E-state index >= 15 is 0 Å². The second-order valence-electron chi connectivity index (χ2n) is 3.94. The molecule has 0 aromatic heterocycles. The van der Waals surface area contributed by atoms with E-state index in [1.807, 2.05) is 6.92 Å². The van der Waals surface area contributed by atoms with E-state index in [-0.39, 0.29) is 0 Å². The van der Waals surface area contributed by atoms with Crippen LogP contribution in [0.15, 0.2) is 0 Å².